The number of likely N-dealkylation sites (N-methyl/N-ethyl adjacent to an activating group) is 1. The van der Waals surface area contributed by atoms with Gasteiger partial charge in [-0.25, -0.2) is 0 Å². The first-order valence-corrected chi connectivity index (χ1v) is 3.77. The molecule has 0 aliphatic heterocycles. The Morgan fingerprint density at radius 1 is 1.75 bits per heavy atom. The first-order valence-electron chi connectivity index (χ1n) is 3.77. The molecule has 12 heavy (non-hydrogen) atoms. The highest BCUT2D eigenvalue weighted by atomic mass is 15.1. The van der Waals surface area contributed by atoms with Crippen LogP contribution < -0.4 is 10.6 Å². The first-order chi connectivity index (χ1) is 5.75. The minimum Gasteiger partial charge on any atom is -0.397 e. The van der Waals surface area contributed by atoms with E-state index >= 15 is 0 Å². The molecule has 0 fully saturated rings. The maximum atomic E-state index is 5.74. The quantitative estimate of drug-likeness (QED) is 0.683. The van der Waals surface area contributed by atoms with E-state index in [-0.39, 0.29) is 0 Å². The number of aromatic nitrogens is 1. The van der Waals surface area contributed by atoms with Crippen molar-refractivity contribution in [2.45, 2.75) is 0 Å². The van der Waals surface area contributed by atoms with E-state index in [9.17, 15) is 0 Å². The Labute approximate surface area is 72.5 Å². The highest BCUT2D eigenvalue weighted by Gasteiger charge is 2.01. The van der Waals surface area contributed by atoms with Crippen molar-refractivity contribution in [2.24, 2.45) is 0 Å². The molecule has 0 atom stereocenters. The van der Waals surface area contributed by atoms with E-state index in [1.807, 2.05) is 18.0 Å². The highest BCUT2D eigenvalue weighted by Crippen LogP contribution is 2.18. The fourth-order valence-corrected chi connectivity index (χ4v) is 1.01. The lowest BCUT2D eigenvalue weighted by Gasteiger charge is -2.17. The predicted molar refractivity (Wildman–Crippen MR) is 52.1 cm³/mol. The number of anilines is 2. The summed E-state index contributed by atoms with van der Waals surface area (Å²) in [6, 6.07) is 1.79. The summed E-state index contributed by atoms with van der Waals surface area (Å²) in [5, 5.41) is 0. The van der Waals surface area contributed by atoms with Gasteiger partial charge in [0.1, 0.15) is 0 Å². The summed E-state index contributed by atoms with van der Waals surface area (Å²) in [7, 11) is 1.95. The van der Waals surface area contributed by atoms with Crippen molar-refractivity contribution in [1.82, 2.24) is 4.98 Å². The molecule has 0 unspecified atom stereocenters. The maximum Gasteiger partial charge on any atom is 0.0786 e. The molecule has 0 amide bonds. The third-order valence-electron chi connectivity index (χ3n) is 1.65. The second-order valence-electron chi connectivity index (χ2n) is 2.60. The third-order valence-corrected chi connectivity index (χ3v) is 1.65. The van der Waals surface area contributed by atoms with E-state index in [4.69, 9.17) is 5.73 Å². The Morgan fingerprint density at radius 3 is 3.08 bits per heavy atom. The van der Waals surface area contributed by atoms with Gasteiger partial charge in [-0.15, -0.1) is 6.58 Å². The first kappa shape index (κ1) is 8.59. The summed E-state index contributed by atoms with van der Waals surface area (Å²) in [6.45, 7) is 4.43. The molecule has 0 radical (unpaired) electrons. The molecule has 1 rings (SSSR count). The largest absolute Gasteiger partial charge is 0.397 e. The fourth-order valence-electron chi connectivity index (χ4n) is 1.01. The molecule has 0 aliphatic carbocycles. The predicted octanol–water partition coefficient (Wildman–Crippen LogP) is 1.29. The molecule has 0 saturated carbocycles. The van der Waals surface area contributed by atoms with Crippen molar-refractivity contribution in [2.75, 3.05) is 24.2 Å². The second-order valence-corrected chi connectivity index (χ2v) is 2.60. The number of hydrogen-bond donors (Lipinski definition) is 1. The average Bonchev–Trinajstić information content (AvgIpc) is 2.05. The number of pyridine rings is 1. The van der Waals surface area contributed by atoms with E-state index in [0.29, 0.717) is 0 Å². The Hall–Kier alpha value is -1.51. The minimum absolute atomic E-state index is 0.745. The van der Waals surface area contributed by atoms with Gasteiger partial charge in [0.2, 0.25) is 0 Å². The van der Waals surface area contributed by atoms with Crippen molar-refractivity contribution in [3.05, 3.63) is 31.1 Å². The molecule has 0 aromatic carbocycles. The summed E-state index contributed by atoms with van der Waals surface area (Å²) in [4.78, 5) is 5.99. The van der Waals surface area contributed by atoms with Crippen LogP contribution in [0.2, 0.25) is 0 Å². The second kappa shape index (κ2) is 3.76. The summed E-state index contributed by atoms with van der Waals surface area (Å²) in [6.07, 6.45) is 5.26. The van der Waals surface area contributed by atoms with Gasteiger partial charge >= 0.3 is 0 Å². The number of rotatable bonds is 3. The minimum atomic E-state index is 0.745. The molecule has 3 heteroatoms. The lowest BCUT2D eigenvalue weighted by molar-refractivity contribution is 1.02. The van der Waals surface area contributed by atoms with Crippen LogP contribution in [-0.2, 0) is 0 Å². The van der Waals surface area contributed by atoms with E-state index in [1.165, 1.54) is 0 Å². The average molecular weight is 163 g/mol. The molecular weight excluding hydrogens is 150 g/mol. The van der Waals surface area contributed by atoms with Crippen molar-refractivity contribution >= 4 is 11.4 Å². The SMILES string of the molecule is C=CCN(C)c1cnccc1N. The lowest BCUT2D eigenvalue weighted by atomic mass is 10.3. The zero-order valence-electron chi connectivity index (χ0n) is 7.20. The van der Waals surface area contributed by atoms with Gasteiger partial charge < -0.3 is 10.6 Å². The van der Waals surface area contributed by atoms with Crippen LogP contribution in [0.3, 0.4) is 0 Å². The van der Waals surface area contributed by atoms with Crippen molar-refractivity contribution in [3.8, 4) is 0 Å². The molecule has 0 bridgehead atoms. The van der Waals surface area contributed by atoms with Crippen molar-refractivity contribution in [1.29, 1.82) is 0 Å². The van der Waals surface area contributed by atoms with Crippen LogP contribution in [0.15, 0.2) is 31.1 Å². The van der Waals surface area contributed by atoms with Gasteiger partial charge in [-0.2, -0.15) is 0 Å². The number of nitrogen functional groups attached to an aromatic ring is 1. The Bertz CT molecular complexity index is 270. The molecular formula is C9H13N3. The zero-order chi connectivity index (χ0) is 8.97. The number of hydrogen-bond acceptors (Lipinski definition) is 3. The number of nitrogens with two attached hydrogens (primary N) is 1. The Kier molecular flexibility index (Phi) is 2.69. The van der Waals surface area contributed by atoms with Gasteiger partial charge in [-0.1, -0.05) is 6.08 Å². The zero-order valence-corrected chi connectivity index (χ0v) is 7.20. The topological polar surface area (TPSA) is 42.2 Å². The summed E-state index contributed by atoms with van der Waals surface area (Å²) in [5.41, 5.74) is 7.42. The van der Waals surface area contributed by atoms with E-state index in [0.717, 1.165) is 17.9 Å². The van der Waals surface area contributed by atoms with Gasteiger partial charge in [-0.3, -0.25) is 4.98 Å². The molecule has 3 nitrogen and oxygen atoms in total. The molecule has 0 saturated heterocycles. The van der Waals surface area contributed by atoms with Crippen LogP contribution in [0, 0.1) is 0 Å². The smallest absolute Gasteiger partial charge is 0.0786 e. The van der Waals surface area contributed by atoms with Gasteiger partial charge in [0.15, 0.2) is 0 Å². The van der Waals surface area contributed by atoms with Crippen LogP contribution in [0.5, 0.6) is 0 Å². The van der Waals surface area contributed by atoms with E-state index in [1.54, 1.807) is 18.5 Å². The Morgan fingerprint density at radius 2 is 2.50 bits per heavy atom. The van der Waals surface area contributed by atoms with Gasteiger partial charge in [0.05, 0.1) is 17.6 Å². The summed E-state index contributed by atoms with van der Waals surface area (Å²) < 4.78 is 0. The van der Waals surface area contributed by atoms with Crippen LogP contribution in [0.1, 0.15) is 0 Å². The van der Waals surface area contributed by atoms with Crippen LogP contribution in [0.25, 0.3) is 0 Å². The van der Waals surface area contributed by atoms with E-state index < -0.39 is 0 Å². The molecule has 0 spiro atoms. The molecule has 1 aromatic heterocycles. The van der Waals surface area contributed by atoms with Crippen LogP contribution >= 0.6 is 0 Å². The van der Waals surface area contributed by atoms with Crippen LogP contribution in [0.4, 0.5) is 11.4 Å². The van der Waals surface area contributed by atoms with Gasteiger partial charge in [0, 0.05) is 19.8 Å². The molecule has 1 heterocycles. The summed E-state index contributed by atoms with van der Waals surface area (Å²) >= 11 is 0. The molecule has 0 aliphatic rings. The van der Waals surface area contributed by atoms with Crippen molar-refractivity contribution in [3.63, 3.8) is 0 Å². The van der Waals surface area contributed by atoms with Gasteiger partial charge in [-0.05, 0) is 6.07 Å². The maximum absolute atomic E-state index is 5.74. The van der Waals surface area contributed by atoms with Gasteiger partial charge in [0.25, 0.3) is 0 Å². The van der Waals surface area contributed by atoms with Crippen LogP contribution in [-0.4, -0.2) is 18.6 Å². The third kappa shape index (κ3) is 1.75. The molecule has 64 valence electrons. The van der Waals surface area contributed by atoms with E-state index in [2.05, 4.69) is 11.6 Å². The lowest BCUT2D eigenvalue weighted by Crippen LogP contribution is -2.18. The molecule has 2 N–H and O–H groups in total. The summed E-state index contributed by atoms with van der Waals surface area (Å²) in [5.74, 6) is 0. The normalized spacial score (nSPS) is 9.42. The van der Waals surface area contributed by atoms with Crippen molar-refractivity contribution < 1.29 is 0 Å². The standard InChI is InChI=1S/C9H13N3/c1-3-6-12(2)9-7-11-5-4-8(9)10/h3-5,7H,1,6H2,2H3,(H2,10,11). The fraction of sp³-hybridized carbons (Fsp3) is 0.222. The highest BCUT2D eigenvalue weighted by molar-refractivity contribution is 5.65. The Balaban J connectivity index is 2.86. The molecule has 1 aromatic rings. The monoisotopic (exact) mass is 163 g/mol. The number of nitrogens with zero attached hydrogens (tertiary/aromatic N) is 2.